The third-order valence-corrected chi connectivity index (χ3v) is 1.57. The molecule has 52 valence electrons. The summed E-state index contributed by atoms with van der Waals surface area (Å²) in [6.45, 7) is 7.87. The van der Waals surface area contributed by atoms with Gasteiger partial charge in [0.25, 0.3) is 0 Å². The van der Waals surface area contributed by atoms with Crippen molar-refractivity contribution in [1.29, 1.82) is 0 Å². The van der Waals surface area contributed by atoms with Gasteiger partial charge in [0.2, 0.25) is 0 Å². The smallest absolute Gasteiger partial charge is 0.000911 e. The monoisotopic (exact) mass is 132 g/mol. The van der Waals surface area contributed by atoms with Gasteiger partial charge in [0.05, 0.1) is 0 Å². The quantitative estimate of drug-likeness (QED) is 0.580. The van der Waals surface area contributed by atoms with Crippen molar-refractivity contribution in [2.24, 2.45) is 0 Å². The van der Waals surface area contributed by atoms with Crippen molar-refractivity contribution in [3.05, 3.63) is 42.3 Å². The summed E-state index contributed by atoms with van der Waals surface area (Å²) in [5, 5.41) is 0. The lowest BCUT2D eigenvalue weighted by Crippen LogP contribution is -1.85. The Bertz CT molecular complexity index is 201. The molecular weight excluding hydrogens is 120 g/mol. The van der Waals surface area contributed by atoms with Gasteiger partial charge in [0, 0.05) is 0 Å². The molecule has 0 aliphatic rings. The minimum absolute atomic E-state index is 0.921. The van der Waals surface area contributed by atoms with Crippen LogP contribution >= 0.6 is 0 Å². The van der Waals surface area contributed by atoms with Gasteiger partial charge in [-0.1, -0.05) is 37.6 Å². The Kier molecular flexibility index (Phi) is 2.49. The summed E-state index contributed by atoms with van der Waals surface area (Å²) in [5.41, 5.74) is 2.19. The van der Waals surface area contributed by atoms with Crippen LogP contribution in [0, 0.1) is 6.92 Å². The van der Waals surface area contributed by atoms with E-state index in [9.17, 15) is 0 Å². The number of hydrogen-bond acceptors (Lipinski definition) is 0. The van der Waals surface area contributed by atoms with Crippen LogP contribution in [0.5, 0.6) is 0 Å². The number of hydrogen-bond donors (Lipinski definition) is 0. The molecule has 0 unspecified atom stereocenters. The van der Waals surface area contributed by atoms with Crippen molar-refractivity contribution < 1.29 is 0 Å². The zero-order chi connectivity index (χ0) is 7.40. The van der Waals surface area contributed by atoms with Crippen molar-refractivity contribution in [2.75, 3.05) is 0 Å². The lowest BCUT2D eigenvalue weighted by Gasteiger charge is -2.00. The number of benzene rings is 1. The summed E-state index contributed by atoms with van der Waals surface area (Å²) in [6.07, 6.45) is 2.25. The molecule has 1 aromatic rings. The van der Waals surface area contributed by atoms with Crippen LogP contribution in [0.4, 0.5) is 0 Å². The van der Waals surface area contributed by atoms with Crippen LogP contribution in [0.2, 0.25) is 0 Å². The Hall–Kier alpha value is -0.780. The predicted molar refractivity (Wildman–Crippen MR) is 43.8 cm³/mol. The fourth-order valence-electron chi connectivity index (χ4n) is 1.03. The van der Waals surface area contributed by atoms with Crippen LogP contribution in [0.25, 0.3) is 0 Å². The van der Waals surface area contributed by atoms with Gasteiger partial charge in [-0.25, -0.2) is 0 Å². The number of aryl methyl sites for hydroxylation is 1. The summed E-state index contributed by atoms with van der Waals surface area (Å²) in [6, 6.07) is 8.03. The summed E-state index contributed by atoms with van der Waals surface area (Å²) in [7, 11) is 0. The summed E-state index contributed by atoms with van der Waals surface area (Å²) in [5.74, 6) is 0. The molecule has 0 atom stereocenters. The van der Waals surface area contributed by atoms with Crippen molar-refractivity contribution >= 4 is 0 Å². The molecule has 2 radical (unpaired) electrons. The van der Waals surface area contributed by atoms with Gasteiger partial charge in [-0.15, -0.1) is 0 Å². The van der Waals surface area contributed by atoms with Gasteiger partial charge < -0.3 is 0 Å². The van der Waals surface area contributed by atoms with E-state index in [-0.39, 0.29) is 0 Å². The number of rotatable bonds is 2. The van der Waals surface area contributed by atoms with Gasteiger partial charge in [-0.2, -0.15) is 0 Å². The van der Waals surface area contributed by atoms with E-state index in [1.807, 2.05) is 18.2 Å². The van der Waals surface area contributed by atoms with Crippen LogP contribution in [0.1, 0.15) is 24.5 Å². The Balaban J connectivity index is 2.81. The molecule has 0 aromatic heterocycles. The highest BCUT2D eigenvalue weighted by molar-refractivity contribution is 5.29. The standard InChI is InChI=1S/C10H12/c1-3-6-10-8-5-4-7-9(10)2/h2,4-5,7-8H,3,6H2,1H3. The van der Waals surface area contributed by atoms with Crippen LogP contribution in [0.3, 0.4) is 0 Å². The van der Waals surface area contributed by atoms with Gasteiger partial charge in [-0.3, -0.25) is 0 Å². The van der Waals surface area contributed by atoms with E-state index >= 15 is 0 Å². The highest BCUT2D eigenvalue weighted by Gasteiger charge is 1.92. The van der Waals surface area contributed by atoms with E-state index in [0.717, 1.165) is 18.4 Å². The zero-order valence-corrected chi connectivity index (χ0v) is 6.30. The molecule has 1 aromatic carbocycles. The van der Waals surface area contributed by atoms with Gasteiger partial charge in [0.1, 0.15) is 0 Å². The van der Waals surface area contributed by atoms with Crippen molar-refractivity contribution in [2.45, 2.75) is 19.8 Å². The van der Waals surface area contributed by atoms with Gasteiger partial charge >= 0.3 is 0 Å². The average molecular weight is 132 g/mol. The summed E-state index contributed by atoms with van der Waals surface area (Å²) >= 11 is 0. The minimum Gasteiger partial charge on any atom is -0.0651 e. The molecule has 0 heteroatoms. The molecule has 0 aliphatic heterocycles. The maximum atomic E-state index is 5.71. The Morgan fingerprint density at radius 2 is 2.00 bits per heavy atom. The first-order chi connectivity index (χ1) is 4.84. The minimum atomic E-state index is 0.921. The summed E-state index contributed by atoms with van der Waals surface area (Å²) < 4.78 is 0. The zero-order valence-electron chi connectivity index (χ0n) is 6.30. The molecule has 0 bridgehead atoms. The normalized spacial score (nSPS) is 9.80. The lowest BCUT2D eigenvalue weighted by atomic mass is 10.1. The Morgan fingerprint density at radius 3 is 2.60 bits per heavy atom. The van der Waals surface area contributed by atoms with Crippen LogP contribution in [-0.2, 0) is 6.42 Å². The van der Waals surface area contributed by atoms with Gasteiger partial charge in [0.15, 0.2) is 0 Å². The van der Waals surface area contributed by atoms with E-state index in [2.05, 4.69) is 13.0 Å². The Morgan fingerprint density at radius 1 is 1.30 bits per heavy atom. The SMILES string of the molecule is [CH]c1ccccc1CCC. The first-order valence-electron chi connectivity index (χ1n) is 3.68. The molecule has 0 saturated carbocycles. The molecule has 1 rings (SSSR count). The molecule has 0 nitrogen and oxygen atoms in total. The molecule has 0 heterocycles. The fraction of sp³-hybridized carbons (Fsp3) is 0.300. The highest BCUT2D eigenvalue weighted by Crippen LogP contribution is 2.08. The maximum Gasteiger partial charge on any atom is -0.000911 e. The first kappa shape index (κ1) is 7.33. The second-order valence-corrected chi connectivity index (χ2v) is 2.45. The second-order valence-electron chi connectivity index (χ2n) is 2.45. The molecule has 10 heavy (non-hydrogen) atoms. The third kappa shape index (κ3) is 1.60. The van der Waals surface area contributed by atoms with E-state index in [0.29, 0.717) is 0 Å². The van der Waals surface area contributed by atoms with Crippen molar-refractivity contribution in [3.63, 3.8) is 0 Å². The van der Waals surface area contributed by atoms with Crippen LogP contribution in [-0.4, -0.2) is 0 Å². The van der Waals surface area contributed by atoms with E-state index in [4.69, 9.17) is 6.92 Å². The molecule has 0 saturated heterocycles. The van der Waals surface area contributed by atoms with E-state index < -0.39 is 0 Å². The molecule has 0 amide bonds. The fourth-order valence-corrected chi connectivity index (χ4v) is 1.03. The van der Waals surface area contributed by atoms with Crippen LogP contribution in [0.15, 0.2) is 24.3 Å². The Labute approximate surface area is 62.9 Å². The summed E-state index contributed by atoms with van der Waals surface area (Å²) in [4.78, 5) is 0. The first-order valence-corrected chi connectivity index (χ1v) is 3.68. The lowest BCUT2D eigenvalue weighted by molar-refractivity contribution is 0.917. The topological polar surface area (TPSA) is 0 Å². The highest BCUT2D eigenvalue weighted by atomic mass is 14.0. The third-order valence-electron chi connectivity index (χ3n) is 1.57. The maximum absolute atomic E-state index is 5.71. The average Bonchev–Trinajstić information content (AvgIpc) is 1.94. The largest absolute Gasteiger partial charge is 0.0651 e. The molecular formula is C10H12. The van der Waals surface area contributed by atoms with Crippen molar-refractivity contribution in [3.8, 4) is 0 Å². The molecule has 0 N–H and O–H groups in total. The molecule has 0 fully saturated rings. The molecule has 0 spiro atoms. The second kappa shape index (κ2) is 3.40. The van der Waals surface area contributed by atoms with E-state index in [1.165, 1.54) is 5.56 Å². The molecule has 0 aliphatic carbocycles. The van der Waals surface area contributed by atoms with E-state index in [1.54, 1.807) is 0 Å². The predicted octanol–water partition coefficient (Wildman–Crippen LogP) is 2.70. The van der Waals surface area contributed by atoms with Gasteiger partial charge in [-0.05, 0) is 24.5 Å². The van der Waals surface area contributed by atoms with Crippen molar-refractivity contribution in [1.82, 2.24) is 0 Å². The van der Waals surface area contributed by atoms with Crippen LogP contribution < -0.4 is 0 Å².